The first-order chi connectivity index (χ1) is 16.4. The molecular formula is C25H28N4O5. The van der Waals surface area contributed by atoms with Crippen molar-refractivity contribution in [2.24, 2.45) is 0 Å². The Labute approximate surface area is 196 Å². The minimum Gasteiger partial charge on any atom is -0.494 e. The van der Waals surface area contributed by atoms with E-state index in [4.69, 9.17) is 9.47 Å². The summed E-state index contributed by atoms with van der Waals surface area (Å²) >= 11 is 0. The number of carbonyl (C=O) groups is 1. The summed E-state index contributed by atoms with van der Waals surface area (Å²) in [5.74, 6) is 0.607. The number of benzene rings is 2. The normalized spacial score (nSPS) is 11.5. The predicted octanol–water partition coefficient (Wildman–Crippen LogP) is 2.91. The van der Waals surface area contributed by atoms with Crippen LogP contribution < -0.4 is 16.0 Å². The van der Waals surface area contributed by atoms with Crippen LogP contribution in [0.3, 0.4) is 0 Å². The molecule has 0 fully saturated rings. The molecule has 4 rings (SSSR count). The number of rotatable bonds is 10. The molecule has 0 saturated carbocycles. The second-order valence-corrected chi connectivity index (χ2v) is 8.20. The number of aromatic nitrogens is 4. The lowest BCUT2D eigenvalue weighted by atomic mass is 10.1. The topological polar surface area (TPSA) is 96.8 Å². The molecule has 4 aromatic rings. The van der Waals surface area contributed by atoms with Crippen LogP contribution in [0.5, 0.6) is 5.75 Å². The van der Waals surface area contributed by atoms with Crippen LogP contribution in [0.4, 0.5) is 0 Å². The number of hydrogen-bond donors (Lipinski definition) is 0. The molecule has 0 aliphatic heterocycles. The zero-order valence-electron chi connectivity index (χ0n) is 19.6. The number of ketones is 1. The van der Waals surface area contributed by atoms with Crippen LogP contribution in [0.25, 0.3) is 16.7 Å². The van der Waals surface area contributed by atoms with E-state index >= 15 is 0 Å². The van der Waals surface area contributed by atoms with Gasteiger partial charge in [0.05, 0.1) is 23.6 Å². The number of ether oxygens (including phenoxy) is 2. The Hall–Kier alpha value is -3.72. The third-order valence-electron chi connectivity index (χ3n) is 5.44. The van der Waals surface area contributed by atoms with Crippen molar-refractivity contribution in [2.75, 3.05) is 13.2 Å². The van der Waals surface area contributed by atoms with Crippen LogP contribution in [0, 0.1) is 0 Å². The Bertz CT molecular complexity index is 1430. The summed E-state index contributed by atoms with van der Waals surface area (Å²) in [5, 5.41) is 4.81. The molecule has 0 spiro atoms. The molecule has 9 heteroatoms. The first-order valence-corrected chi connectivity index (χ1v) is 11.4. The molecule has 0 radical (unpaired) electrons. The van der Waals surface area contributed by atoms with E-state index in [9.17, 15) is 14.4 Å². The monoisotopic (exact) mass is 464 g/mol. The van der Waals surface area contributed by atoms with E-state index in [0.717, 1.165) is 4.68 Å². The highest BCUT2D eigenvalue weighted by Crippen LogP contribution is 2.14. The summed E-state index contributed by atoms with van der Waals surface area (Å²) in [5.41, 5.74) is 0.197. The van der Waals surface area contributed by atoms with Gasteiger partial charge in [-0.3, -0.25) is 14.2 Å². The largest absolute Gasteiger partial charge is 0.494 e. The van der Waals surface area contributed by atoms with Gasteiger partial charge < -0.3 is 9.47 Å². The Morgan fingerprint density at radius 1 is 1.06 bits per heavy atom. The lowest BCUT2D eigenvalue weighted by Gasteiger charge is -2.11. The minimum atomic E-state index is -0.474. The molecule has 0 aliphatic carbocycles. The molecule has 2 heterocycles. The van der Waals surface area contributed by atoms with Gasteiger partial charge in [-0.1, -0.05) is 12.1 Å². The molecule has 0 bridgehead atoms. The smallest absolute Gasteiger partial charge is 0.352 e. The van der Waals surface area contributed by atoms with E-state index in [1.165, 1.54) is 8.97 Å². The van der Waals surface area contributed by atoms with Crippen LogP contribution in [0.2, 0.25) is 0 Å². The summed E-state index contributed by atoms with van der Waals surface area (Å²) in [6.07, 6.45) is 0.668. The highest BCUT2D eigenvalue weighted by Gasteiger charge is 2.19. The maximum atomic E-state index is 13.3. The summed E-state index contributed by atoms with van der Waals surface area (Å²) < 4.78 is 15.0. The maximum absolute atomic E-state index is 13.3. The average Bonchev–Trinajstić information content (AvgIpc) is 3.14. The summed E-state index contributed by atoms with van der Waals surface area (Å²) in [6.45, 7) is 6.88. The molecule has 0 amide bonds. The SMILES string of the molecule is CCOc1ccc(C(=O)Cn2nc3n(CCCOC(C)C)c(=O)c4ccccc4n3c2=O)cc1. The number of nitrogens with zero attached hydrogens (tertiary/aromatic N) is 4. The Morgan fingerprint density at radius 3 is 2.50 bits per heavy atom. The van der Waals surface area contributed by atoms with Crippen LogP contribution in [0.15, 0.2) is 58.1 Å². The molecule has 34 heavy (non-hydrogen) atoms. The van der Waals surface area contributed by atoms with Crippen molar-refractivity contribution in [2.45, 2.75) is 46.4 Å². The lowest BCUT2D eigenvalue weighted by Crippen LogP contribution is -2.28. The highest BCUT2D eigenvalue weighted by molar-refractivity contribution is 5.96. The molecule has 9 nitrogen and oxygen atoms in total. The van der Waals surface area contributed by atoms with E-state index in [1.807, 2.05) is 20.8 Å². The predicted molar refractivity (Wildman–Crippen MR) is 129 cm³/mol. The Morgan fingerprint density at radius 2 is 1.79 bits per heavy atom. The van der Waals surface area contributed by atoms with Gasteiger partial charge in [0.25, 0.3) is 5.56 Å². The van der Waals surface area contributed by atoms with Crippen molar-refractivity contribution in [3.05, 3.63) is 74.9 Å². The highest BCUT2D eigenvalue weighted by atomic mass is 16.5. The van der Waals surface area contributed by atoms with Gasteiger partial charge in [0, 0.05) is 18.7 Å². The Balaban J connectivity index is 1.72. The second-order valence-electron chi connectivity index (χ2n) is 8.20. The van der Waals surface area contributed by atoms with E-state index < -0.39 is 5.69 Å². The van der Waals surface area contributed by atoms with E-state index in [2.05, 4.69) is 5.10 Å². The first-order valence-electron chi connectivity index (χ1n) is 11.4. The third kappa shape index (κ3) is 4.65. The quantitative estimate of drug-likeness (QED) is 0.264. The fourth-order valence-electron chi connectivity index (χ4n) is 3.84. The van der Waals surface area contributed by atoms with Crippen molar-refractivity contribution >= 4 is 22.5 Å². The van der Waals surface area contributed by atoms with E-state index in [-0.39, 0.29) is 29.8 Å². The van der Waals surface area contributed by atoms with Gasteiger partial charge in [-0.05, 0) is 63.6 Å². The molecule has 0 aliphatic rings. The second kappa shape index (κ2) is 10.0. The number of para-hydroxylation sites is 1. The van der Waals surface area contributed by atoms with Crippen molar-refractivity contribution in [1.29, 1.82) is 0 Å². The lowest BCUT2D eigenvalue weighted by molar-refractivity contribution is 0.0748. The fourth-order valence-corrected chi connectivity index (χ4v) is 3.84. The van der Waals surface area contributed by atoms with Gasteiger partial charge >= 0.3 is 5.69 Å². The third-order valence-corrected chi connectivity index (χ3v) is 5.44. The first kappa shape index (κ1) is 23.4. The Kier molecular flexibility index (Phi) is 6.93. The standard InChI is InChI=1S/C25H28N4O5/c1-4-33-19-12-10-18(11-13-19)22(30)16-28-25(32)29-21-9-6-5-8-20(21)23(31)27(24(29)26-28)14-7-15-34-17(2)3/h5-6,8-13,17H,4,7,14-16H2,1-3H3. The van der Waals surface area contributed by atoms with Gasteiger partial charge in [-0.2, -0.15) is 0 Å². The van der Waals surface area contributed by atoms with Crippen molar-refractivity contribution in [3.8, 4) is 5.75 Å². The average molecular weight is 465 g/mol. The molecule has 2 aromatic heterocycles. The zero-order valence-corrected chi connectivity index (χ0v) is 19.6. The number of hydrogen-bond acceptors (Lipinski definition) is 6. The van der Waals surface area contributed by atoms with Gasteiger partial charge in [0.15, 0.2) is 5.78 Å². The van der Waals surface area contributed by atoms with E-state index in [1.54, 1.807) is 48.5 Å². The summed E-state index contributed by atoms with van der Waals surface area (Å²) in [7, 11) is 0. The van der Waals surface area contributed by atoms with Gasteiger partial charge in [-0.25, -0.2) is 13.9 Å². The van der Waals surface area contributed by atoms with Crippen LogP contribution in [-0.2, 0) is 17.8 Å². The fraction of sp³-hybridized carbons (Fsp3) is 0.360. The van der Waals surface area contributed by atoms with E-state index in [0.29, 0.717) is 48.4 Å². The van der Waals surface area contributed by atoms with Crippen molar-refractivity contribution in [1.82, 2.24) is 18.7 Å². The van der Waals surface area contributed by atoms with Gasteiger partial charge in [-0.15, -0.1) is 5.10 Å². The minimum absolute atomic E-state index is 0.0868. The molecule has 0 unspecified atom stereocenters. The zero-order chi connectivity index (χ0) is 24.2. The summed E-state index contributed by atoms with van der Waals surface area (Å²) in [4.78, 5) is 39.3. The van der Waals surface area contributed by atoms with Crippen molar-refractivity contribution < 1.29 is 14.3 Å². The molecule has 178 valence electrons. The molecule has 2 aromatic carbocycles. The molecular weight excluding hydrogens is 436 g/mol. The number of aryl methyl sites for hydroxylation is 1. The van der Waals surface area contributed by atoms with Crippen molar-refractivity contribution in [3.63, 3.8) is 0 Å². The molecule has 0 saturated heterocycles. The molecule has 0 atom stereocenters. The van der Waals surface area contributed by atoms with Crippen LogP contribution >= 0.6 is 0 Å². The number of carbonyl (C=O) groups excluding carboxylic acids is 1. The van der Waals surface area contributed by atoms with Gasteiger partial charge in [0.1, 0.15) is 12.3 Å². The van der Waals surface area contributed by atoms with Crippen LogP contribution in [0.1, 0.15) is 37.6 Å². The number of Topliss-reactive ketones (excluding diaryl/α,β-unsaturated/α-hetero) is 1. The number of fused-ring (bicyclic) bond motifs is 3. The van der Waals surface area contributed by atoms with Crippen LogP contribution in [-0.4, -0.2) is 43.8 Å². The van der Waals surface area contributed by atoms with Gasteiger partial charge in [0.2, 0.25) is 5.78 Å². The maximum Gasteiger partial charge on any atom is 0.352 e. The summed E-state index contributed by atoms with van der Waals surface area (Å²) in [6, 6.07) is 13.7. The molecule has 0 N–H and O–H groups in total.